The third-order valence-corrected chi connectivity index (χ3v) is 1.79. The van der Waals surface area contributed by atoms with Gasteiger partial charge in [0.15, 0.2) is 0 Å². The second-order valence-corrected chi connectivity index (χ2v) is 2.94. The molecule has 0 spiro atoms. The van der Waals surface area contributed by atoms with Crippen LogP contribution in [0.25, 0.3) is 0 Å². The van der Waals surface area contributed by atoms with Crippen molar-refractivity contribution in [1.29, 1.82) is 0 Å². The van der Waals surface area contributed by atoms with Crippen molar-refractivity contribution in [3.63, 3.8) is 0 Å². The first-order chi connectivity index (χ1) is 7.04. The maximum absolute atomic E-state index is 10.8. The summed E-state index contributed by atoms with van der Waals surface area (Å²) < 4.78 is 0. The van der Waals surface area contributed by atoms with E-state index in [1.165, 1.54) is 25.1 Å². The van der Waals surface area contributed by atoms with Crippen molar-refractivity contribution >= 4 is 17.3 Å². The van der Waals surface area contributed by atoms with E-state index < -0.39 is 4.92 Å². The first-order valence-corrected chi connectivity index (χ1v) is 4.20. The molecule has 0 unspecified atom stereocenters. The molecule has 6 heteroatoms. The van der Waals surface area contributed by atoms with Gasteiger partial charge in [-0.25, -0.2) is 0 Å². The number of nitro benzene ring substituents is 1. The van der Waals surface area contributed by atoms with Gasteiger partial charge in [-0.1, -0.05) is 0 Å². The van der Waals surface area contributed by atoms with Crippen LogP contribution in [0.4, 0.5) is 11.4 Å². The number of hydrogen-bond acceptors (Lipinski definition) is 4. The molecule has 0 saturated carbocycles. The molecule has 0 radical (unpaired) electrons. The lowest BCUT2D eigenvalue weighted by molar-refractivity contribution is -0.384. The second kappa shape index (κ2) is 4.52. The fraction of sp³-hybridized carbons (Fsp3) is 0.222. The number of carbonyl (C=O) groups is 1. The van der Waals surface area contributed by atoms with Gasteiger partial charge in [-0.2, -0.15) is 0 Å². The number of aliphatic hydroxyl groups is 1. The van der Waals surface area contributed by atoms with E-state index in [0.29, 0.717) is 5.56 Å². The standard InChI is InChI=1S/C9H10N2O4/c1-6(13)10-9-4-8(11(14)15)3-2-7(9)5-12/h2-4,12H,5H2,1H3,(H,10,13). The third-order valence-electron chi connectivity index (χ3n) is 1.79. The average Bonchev–Trinajstić information content (AvgIpc) is 2.16. The maximum atomic E-state index is 10.8. The predicted octanol–water partition coefficient (Wildman–Crippen LogP) is 1.05. The number of nitrogens with zero attached hydrogens (tertiary/aromatic N) is 1. The van der Waals surface area contributed by atoms with E-state index >= 15 is 0 Å². The highest BCUT2D eigenvalue weighted by Crippen LogP contribution is 2.22. The van der Waals surface area contributed by atoms with Crippen molar-refractivity contribution in [1.82, 2.24) is 0 Å². The van der Waals surface area contributed by atoms with Crippen LogP contribution in [-0.2, 0) is 11.4 Å². The molecule has 0 bridgehead atoms. The van der Waals surface area contributed by atoms with Gasteiger partial charge >= 0.3 is 0 Å². The van der Waals surface area contributed by atoms with Crippen molar-refractivity contribution in [3.05, 3.63) is 33.9 Å². The van der Waals surface area contributed by atoms with Crippen LogP contribution in [0.2, 0.25) is 0 Å². The Morgan fingerprint density at radius 1 is 1.60 bits per heavy atom. The number of aliphatic hydroxyl groups excluding tert-OH is 1. The van der Waals surface area contributed by atoms with Crippen molar-refractivity contribution in [2.24, 2.45) is 0 Å². The number of carbonyl (C=O) groups excluding carboxylic acids is 1. The molecule has 1 rings (SSSR count). The summed E-state index contributed by atoms with van der Waals surface area (Å²) in [7, 11) is 0. The highest BCUT2D eigenvalue weighted by Gasteiger charge is 2.10. The molecular weight excluding hydrogens is 200 g/mol. The molecule has 0 fully saturated rings. The van der Waals surface area contributed by atoms with Gasteiger partial charge in [-0.3, -0.25) is 14.9 Å². The van der Waals surface area contributed by atoms with Crippen LogP contribution in [0.1, 0.15) is 12.5 Å². The van der Waals surface area contributed by atoms with Crippen LogP contribution < -0.4 is 5.32 Å². The molecule has 0 aliphatic rings. The quantitative estimate of drug-likeness (QED) is 0.576. The van der Waals surface area contributed by atoms with Crippen LogP contribution in [0.5, 0.6) is 0 Å². The van der Waals surface area contributed by atoms with Gasteiger partial charge in [0.2, 0.25) is 5.91 Å². The Morgan fingerprint density at radius 2 is 2.27 bits per heavy atom. The molecular formula is C9H10N2O4. The Kier molecular flexibility index (Phi) is 3.35. The van der Waals surface area contributed by atoms with E-state index in [-0.39, 0.29) is 23.9 Å². The van der Waals surface area contributed by atoms with Gasteiger partial charge in [0.1, 0.15) is 0 Å². The molecule has 0 heterocycles. The number of anilines is 1. The number of amides is 1. The van der Waals surface area contributed by atoms with Crippen molar-refractivity contribution in [2.45, 2.75) is 13.5 Å². The van der Waals surface area contributed by atoms with Gasteiger partial charge in [0, 0.05) is 24.6 Å². The molecule has 15 heavy (non-hydrogen) atoms. The fourth-order valence-electron chi connectivity index (χ4n) is 1.12. The van der Waals surface area contributed by atoms with E-state index in [0.717, 1.165) is 0 Å². The highest BCUT2D eigenvalue weighted by molar-refractivity contribution is 5.89. The maximum Gasteiger partial charge on any atom is 0.271 e. The molecule has 0 atom stereocenters. The van der Waals surface area contributed by atoms with Crippen LogP contribution in [0.3, 0.4) is 0 Å². The second-order valence-electron chi connectivity index (χ2n) is 2.94. The largest absolute Gasteiger partial charge is 0.392 e. The zero-order valence-corrected chi connectivity index (χ0v) is 8.06. The molecule has 2 N–H and O–H groups in total. The van der Waals surface area contributed by atoms with Gasteiger partial charge in [-0.05, 0) is 6.07 Å². The lowest BCUT2D eigenvalue weighted by Gasteiger charge is -2.06. The van der Waals surface area contributed by atoms with Gasteiger partial charge in [0.25, 0.3) is 5.69 Å². The lowest BCUT2D eigenvalue weighted by atomic mass is 10.1. The molecule has 80 valence electrons. The van der Waals surface area contributed by atoms with Crippen LogP contribution >= 0.6 is 0 Å². The van der Waals surface area contributed by atoms with Crippen molar-refractivity contribution in [3.8, 4) is 0 Å². The zero-order valence-electron chi connectivity index (χ0n) is 8.06. The summed E-state index contributed by atoms with van der Waals surface area (Å²) in [5.41, 5.74) is 0.575. The Morgan fingerprint density at radius 3 is 2.73 bits per heavy atom. The van der Waals surface area contributed by atoms with E-state index in [4.69, 9.17) is 5.11 Å². The minimum Gasteiger partial charge on any atom is -0.392 e. The number of non-ortho nitro benzene ring substituents is 1. The number of rotatable bonds is 3. The Hall–Kier alpha value is -1.95. The summed E-state index contributed by atoms with van der Waals surface area (Å²) in [6.45, 7) is 1.01. The van der Waals surface area contributed by atoms with Crippen LogP contribution in [0, 0.1) is 10.1 Å². The molecule has 0 saturated heterocycles. The molecule has 6 nitrogen and oxygen atoms in total. The molecule has 1 aromatic carbocycles. The summed E-state index contributed by atoms with van der Waals surface area (Å²) in [6, 6.07) is 3.90. The van der Waals surface area contributed by atoms with Crippen molar-refractivity contribution < 1.29 is 14.8 Å². The Labute approximate surface area is 85.7 Å². The summed E-state index contributed by atoms with van der Waals surface area (Å²) in [4.78, 5) is 20.7. The molecule has 0 aliphatic carbocycles. The smallest absolute Gasteiger partial charge is 0.271 e. The van der Waals surface area contributed by atoms with Crippen LogP contribution in [0.15, 0.2) is 18.2 Å². The average molecular weight is 210 g/mol. The van der Waals surface area contributed by atoms with E-state index in [1.54, 1.807) is 0 Å². The summed E-state index contributed by atoms with van der Waals surface area (Å²) in [5, 5.41) is 21.8. The summed E-state index contributed by atoms with van der Waals surface area (Å²) in [5.74, 6) is -0.342. The fourth-order valence-corrected chi connectivity index (χ4v) is 1.12. The van der Waals surface area contributed by atoms with E-state index in [9.17, 15) is 14.9 Å². The monoisotopic (exact) mass is 210 g/mol. The highest BCUT2D eigenvalue weighted by atomic mass is 16.6. The topological polar surface area (TPSA) is 92.5 Å². The van der Waals surface area contributed by atoms with E-state index in [1.807, 2.05) is 0 Å². The SMILES string of the molecule is CC(=O)Nc1cc([N+](=O)[O-])ccc1CO. The lowest BCUT2D eigenvalue weighted by Crippen LogP contribution is -2.08. The summed E-state index contributed by atoms with van der Waals surface area (Å²) >= 11 is 0. The number of nitro groups is 1. The number of hydrogen-bond donors (Lipinski definition) is 2. The first-order valence-electron chi connectivity index (χ1n) is 4.20. The Bertz CT molecular complexity index is 403. The molecule has 1 aromatic rings. The molecule has 1 amide bonds. The molecule has 0 aliphatic heterocycles. The van der Waals surface area contributed by atoms with E-state index in [2.05, 4.69) is 5.32 Å². The van der Waals surface area contributed by atoms with Crippen molar-refractivity contribution in [2.75, 3.05) is 5.32 Å². The van der Waals surface area contributed by atoms with Gasteiger partial charge in [0.05, 0.1) is 17.2 Å². The third kappa shape index (κ3) is 2.75. The zero-order chi connectivity index (χ0) is 11.4. The number of benzene rings is 1. The van der Waals surface area contributed by atoms with Gasteiger partial charge in [-0.15, -0.1) is 0 Å². The predicted molar refractivity (Wildman–Crippen MR) is 53.3 cm³/mol. The first kappa shape index (κ1) is 11.1. The number of nitrogens with one attached hydrogen (secondary N) is 1. The van der Waals surface area contributed by atoms with Gasteiger partial charge < -0.3 is 10.4 Å². The normalized spacial score (nSPS) is 9.73. The Balaban J connectivity index is 3.12. The van der Waals surface area contributed by atoms with Crippen LogP contribution in [-0.4, -0.2) is 15.9 Å². The summed E-state index contributed by atoms with van der Waals surface area (Å²) in [6.07, 6.45) is 0. The molecule has 0 aromatic heterocycles. The minimum atomic E-state index is -0.563. The minimum absolute atomic E-state index is 0.129.